The summed E-state index contributed by atoms with van der Waals surface area (Å²) in [5.74, 6) is 0.104. The van der Waals surface area contributed by atoms with Crippen molar-refractivity contribution in [3.63, 3.8) is 0 Å². The Morgan fingerprint density at radius 2 is 1.47 bits per heavy atom. The quantitative estimate of drug-likeness (QED) is 0.122. The molecule has 2 aromatic heterocycles. The minimum absolute atomic E-state index is 0.123. The number of carbonyl (C=O) groups is 4. The number of nitrogens with one attached hydrogen (secondary N) is 4. The Morgan fingerprint density at radius 3 is 2.12 bits per heavy atom. The maximum Gasteiger partial charge on any atom is 0.407 e. The summed E-state index contributed by atoms with van der Waals surface area (Å²) in [5, 5.41) is 9.65. The van der Waals surface area contributed by atoms with Gasteiger partial charge in [0.15, 0.2) is 0 Å². The van der Waals surface area contributed by atoms with Crippen molar-refractivity contribution in [2.45, 2.75) is 77.5 Å². The summed E-state index contributed by atoms with van der Waals surface area (Å²) in [6, 6.07) is 13.9. The number of benzene rings is 2. The van der Waals surface area contributed by atoms with Crippen LogP contribution in [0.5, 0.6) is 0 Å². The molecule has 302 valence electrons. The van der Waals surface area contributed by atoms with Crippen LogP contribution in [0.4, 0.5) is 9.59 Å². The molecule has 57 heavy (non-hydrogen) atoms. The van der Waals surface area contributed by atoms with Crippen LogP contribution in [-0.4, -0.2) is 94.2 Å². The fourth-order valence-electron chi connectivity index (χ4n) is 7.73. The van der Waals surface area contributed by atoms with Gasteiger partial charge in [0, 0.05) is 41.5 Å². The highest BCUT2D eigenvalue weighted by atomic mass is 16.5. The number of imidazole rings is 1. The second-order valence-corrected chi connectivity index (χ2v) is 15.3. The molecule has 4 aromatic rings. The van der Waals surface area contributed by atoms with Crippen molar-refractivity contribution in [2.24, 2.45) is 17.6 Å². The van der Waals surface area contributed by atoms with Gasteiger partial charge in [-0.05, 0) is 67.9 Å². The normalized spacial score (nSPS) is 18.2. The molecule has 6 N–H and O–H groups in total. The number of fused-ring (bicyclic) bond motifs is 2. The molecule has 6 rings (SSSR count). The number of amides is 4. The van der Waals surface area contributed by atoms with Gasteiger partial charge in [0.1, 0.15) is 17.9 Å². The van der Waals surface area contributed by atoms with Gasteiger partial charge in [-0.25, -0.2) is 19.6 Å². The molecule has 4 amide bonds. The number of rotatable bonds is 12. The maximum atomic E-state index is 13.6. The highest BCUT2D eigenvalue weighted by Crippen LogP contribution is 2.34. The number of ether oxygens (including phenoxy) is 2. The van der Waals surface area contributed by atoms with Crippen molar-refractivity contribution in [3.8, 4) is 11.3 Å². The van der Waals surface area contributed by atoms with Crippen molar-refractivity contribution in [3.05, 3.63) is 78.4 Å². The van der Waals surface area contributed by atoms with Crippen LogP contribution in [0.2, 0.25) is 0 Å². The zero-order valence-electron chi connectivity index (χ0n) is 33.4. The minimum Gasteiger partial charge on any atom is -0.453 e. The summed E-state index contributed by atoms with van der Waals surface area (Å²) in [5.41, 5.74) is 12.3. The van der Waals surface area contributed by atoms with Gasteiger partial charge >= 0.3 is 12.2 Å². The first-order valence-corrected chi connectivity index (χ1v) is 19.4. The summed E-state index contributed by atoms with van der Waals surface area (Å²) in [6.45, 7) is 13.0. The third-order valence-electron chi connectivity index (χ3n) is 10.8. The first kappa shape index (κ1) is 40.5. The Labute approximate surface area is 332 Å². The Bertz CT molecular complexity index is 2200. The first-order valence-electron chi connectivity index (χ1n) is 19.4. The monoisotopic (exact) mass is 779 g/mol. The van der Waals surface area contributed by atoms with Crippen LogP contribution in [0.1, 0.15) is 70.8 Å². The minimum atomic E-state index is -0.728. The number of H-pyrrole nitrogens is 1. The Morgan fingerprint density at radius 1 is 0.842 bits per heavy atom. The van der Waals surface area contributed by atoms with E-state index in [1.165, 1.54) is 20.4 Å². The molecule has 2 aliphatic heterocycles. The van der Waals surface area contributed by atoms with E-state index in [-0.39, 0.29) is 35.7 Å². The van der Waals surface area contributed by atoms with Crippen molar-refractivity contribution in [1.82, 2.24) is 40.7 Å². The summed E-state index contributed by atoms with van der Waals surface area (Å²) >= 11 is 0. The van der Waals surface area contributed by atoms with E-state index in [1.807, 2.05) is 76.2 Å². The fraction of sp³-hybridized carbons (Fsp3) is 0.429. The molecule has 0 bridgehead atoms. The Hall–Kier alpha value is -6.12. The molecule has 2 aromatic carbocycles. The van der Waals surface area contributed by atoms with Crippen molar-refractivity contribution >= 4 is 51.6 Å². The third-order valence-corrected chi connectivity index (χ3v) is 10.8. The van der Waals surface area contributed by atoms with Gasteiger partial charge in [-0.3, -0.25) is 9.59 Å². The molecule has 15 nitrogen and oxygen atoms in total. The van der Waals surface area contributed by atoms with E-state index in [4.69, 9.17) is 25.2 Å². The molecule has 0 unspecified atom stereocenters. The van der Waals surface area contributed by atoms with Crippen LogP contribution in [0, 0.1) is 11.8 Å². The van der Waals surface area contributed by atoms with Crippen molar-refractivity contribution < 1.29 is 28.7 Å². The van der Waals surface area contributed by atoms with E-state index in [9.17, 15) is 19.2 Å². The molecule has 4 heterocycles. The lowest BCUT2D eigenvalue weighted by Gasteiger charge is -2.32. The number of hydrogen-bond acceptors (Lipinski definition) is 10. The van der Waals surface area contributed by atoms with Crippen LogP contribution in [0.15, 0.2) is 67.0 Å². The van der Waals surface area contributed by atoms with E-state index in [2.05, 4.69) is 27.5 Å². The standard InChI is InChI=1S/C42H53N9O6/c1-23(2)36(48-41(54)56-6)39(52)50-18-8-10-34(50)25(5)44-33(22-43)27-13-16-29-26(20-27)12-15-30(45-29)28-14-17-31-32(21-28)47-38(46-31)35-11-9-19-51(35)40(53)37(24(3)4)49-42(55)57-7/h12-17,20-24,34-37,44H,5,8-11,18-19,43H2,1-4,6-7H3,(H,46,47)(H,48,54)(H,49,55)/b33-22-/t34-,35-,36-,37-/m0/s1. The second kappa shape index (κ2) is 17.3. The second-order valence-electron chi connectivity index (χ2n) is 15.3. The largest absolute Gasteiger partial charge is 0.453 e. The van der Waals surface area contributed by atoms with Crippen LogP contribution >= 0.6 is 0 Å². The fourth-order valence-corrected chi connectivity index (χ4v) is 7.73. The lowest BCUT2D eigenvalue weighted by molar-refractivity contribution is -0.136. The number of nitrogens with two attached hydrogens (primary N) is 1. The predicted octanol–water partition coefficient (Wildman–Crippen LogP) is 5.55. The average Bonchev–Trinajstić information content (AvgIpc) is 3.99. The van der Waals surface area contributed by atoms with Crippen LogP contribution in [-0.2, 0) is 19.1 Å². The highest BCUT2D eigenvalue weighted by molar-refractivity contribution is 5.89. The van der Waals surface area contributed by atoms with E-state index in [0.717, 1.165) is 64.4 Å². The molecule has 2 saturated heterocycles. The molecule has 15 heteroatoms. The van der Waals surface area contributed by atoms with E-state index >= 15 is 0 Å². The molecule has 0 aliphatic carbocycles. The number of alkyl carbamates (subject to hydrolysis) is 2. The summed E-state index contributed by atoms with van der Waals surface area (Å²) in [6.07, 6.45) is 3.32. The van der Waals surface area contributed by atoms with Gasteiger partial charge in [-0.1, -0.05) is 52.5 Å². The molecule has 0 spiro atoms. The van der Waals surface area contributed by atoms with Crippen LogP contribution in [0.25, 0.3) is 38.9 Å². The summed E-state index contributed by atoms with van der Waals surface area (Å²) in [4.78, 5) is 68.0. The number of aromatic nitrogens is 3. The van der Waals surface area contributed by atoms with Crippen LogP contribution < -0.4 is 21.7 Å². The van der Waals surface area contributed by atoms with Crippen molar-refractivity contribution in [1.29, 1.82) is 0 Å². The molecule has 2 fully saturated rings. The number of hydrogen-bond donors (Lipinski definition) is 5. The highest BCUT2D eigenvalue weighted by Gasteiger charge is 2.38. The number of carbonyl (C=O) groups excluding carboxylic acids is 4. The van der Waals surface area contributed by atoms with Gasteiger partial charge in [0.25, 0.3) is 0 Å². The topological polar surface area (TPSA) is 197 Å². The van der Waals surface area contributed by atoms with E-state index in [1.54, 1.807) is 9.80 Å². The van der Waals surface area contributed by atoms with Gasteiger partial charge < -0.3 is 45.9 Å². The van der Waals surface area contributed by atoms with Crippen LogP contribution in [0.3, 0.4) is 0 Å². The predicted molar refractivity (Wildman–Crippen MR) is 218 cm³/mol. The van der Waals surface area contributed by atoms with E-state index < -0.39 is 24.3 Å². The van der Waals surface area contributed by atoms with Gasteiger partial charge in [0.05, 0.1) is 54.2 Å². The lowest BCUT2D eigenvalue weighted by Crippen LogP contribution is -2.53. The van der Waals surface area contributed by atoms with Crippen molar-refractivity contribution in [2.75, 3.05) is 27.3 Å². The SMILES string of the molecule is C=C(N/C(=C\N)c1ccc2nc(-c3ccc4nc([C@@H]5CCCN5C(=O)[C@@H](NC(=O)OC)C(C)C)[nH]c4c3)ccc2c1)[C@@H]1CCCN1C(=O)[C@@H](NC(=O)OC)C(C)C. The molecule has 2 aliphatic rings. The van der Waals surface area contributed by atoms with Gasteiger partial charge in [-0.2, -0.15) is 0 Å². The van der Waals surface area contributed by atoms with E-state index in [0.29, 0.717) is 30.3 Å². The zero-order valence-corrected chi connectivity index (χ0v) is 33.4. The molecule has 0 saturated carbocycles. The summed E-state index contributed by atoms with van der Waals surface area (Å²) in [7, 11) is 2.56. The summed E-state index contributed by atoms with van der Waals surface area (Å²) < 4.78 is 9.52. The third kappa shape index (κ3) is 8.66. The zero-order chi connectivity index (χ0) is 41.0. The number of aromatic amines is 1. The Kier molecular flexibility index (Phi) is 12.3. The Balaban J connectivity index is 1.16. The van der Waals surface area contributed by atoms with Gasteiger partial charge in [-0.15, -0.1) is 0 Å². The number of nitrogens with zero attached hydrogens (tertiary/aromatic N) is 4. The smallest absolute Gasteiger partial charge is 0.407 e. The van der Waals surface area contributed by atoms with Gasteiger partial charge in [0.2, 0.25) is 11.8 Å². The first-order chi connectivity index (χ1) is 27.3. The maximum absolute atomic E-state index is 13.6. The molecular formula is C42H53N9O6. The number of pyridine rings is 1. The number of methoxy groups -OCH3 is 2. The molecule has 0 radical (unpaired) electrons. The molecular weight excluding hydrogens is 727 g/mol. The molecule has 4 atom stereocenters. The average molecular weight is 780 g/mol. The lowest BCUT2D eigenvalue weighted by atomic mass is 10.0. The number of likely N-dealkylation sites (tertiary alicyclic amines) is 2.